The number of hydrogen-bond donors (Lipinski definition) is 0. The smallest absolute Gasteiger partial charge is 0.258 e. The Bertz CT molecular complexity index is 379. The molecule has 2 nitrogen and oxygen atoms in total. The predicted octanol–water partition coefficient (Wildman–Crippen LogP) is 0.0413. The quantitative estimate of drug-likeness (QED) is 0.606. The van der Waals surface area contributed by atoms with Crippen LogP contribution in [0.1, 0.15) is 0 Å². The van der Waals surface area contributed by atoms with E-state index in [1.807, 2.05) is 24.9 Å². The summed E-state index contributed by atoms with van der Waals surface area (Å²) in [6.45, 7) is 0.904. The Labute approximate surface area is 87.7 Å². The number of aromatic nitrogens is 1. The molecule has 2 unspecified atom stereocenters. The SMILES string of the molecule is Bc1ccc(N2CC3C(C2)C3(F)F)nc1. The molecular formula is C10H11BF2N2. The number of anilines is 1. The van der Waals surface area contributed by atoms with Crippen molar-refractivity contribution in [2.24, 2.45) is 11.8 Å². The third-order valence-corrected chi connectivity index (χ3v) is 3.42. The maximum atomic E-state index is 12.9. The lowest BCUT2D eigenvalue weighted by Crippen LogP contribution is -2.28. The molecule has 78 valence electrons. The minimum atomic E-state index is -2.40. The van der Waals surface area contributed by atoms with Crippen molar-refractivity contribution in [3.8, 4) is 0 Å². The molecule has 0 amide bonds. The summed E-state index contributed by atoms with van der Waals surface area (Å²) < 4.78 is 25.9. The molecule has 1 aliphatic heterocycles. The van der Waals surface area contributed by atoms with E-state index < -0.39 is 17.8 Å². The highest BCUT2D eigenvalue weighted by Gasteiger charge is 2.71. The lowest BCUT2D eigenvalue weighted by Gasteiger charge is -2.20. The van der Waals surface area contributed by atoms with Crippen LogP contribution in [0.5, 0.6) is 0 Å². The Hall–Kier alpha value is -1.13. The van der Waals surface area contributed by atoms with Gasteiger partial charge in [-0.2, -0.15) is 0 Å². The van der Waals surface area contributed by atoms with Gasteiger partial charge in [-0.25, -0.2) is 13.8 Å². The number of alkyl halides is 2. The second-order valence-electron chi connectivity index (χ2n) is 4.49. The molecule has 0 spiro atoms. The lowest BCUT2D eigenvalue weighted by atomic mass is 9.99. The van der Waals surface area contributed by atoms with E-state index in [-0.39, 0.29) is 0 Å². The van der Waals surface area contributed by atoms with Gasteiger partial charge in [0.2, 0.25) is 0 Å². The van der Waals surface area contributed by atoms with Gasteiger partial charge in [-0.1, -0.05) is 11.5 Å². The van der Waals surface area contributed by atoms with E-state index in [1.165, 1.54) is 0 Å². The van der Waals surface area contributed by atoms with E-state index in [1.54, 1.807) is 6.20 Å². The summed E-state index contributed by atoms with van der Waals surface area (Å²) in [5.41, 5.74) is 1.09. The van der Waals surface area contributed by atoms with Gasteiger partial charge in [0, 0.05) is 19.3 Å². The maximum Gasteiger partial charge on any atom is 0.258 e. The Balaban J connectivity index is 1.75. The zero-order valence-corrected chi connectivity index (χ0v) is 8.45. The van der Waals surface area contributed by atoms with Crippen molar-refractivity contribution >= 4 is 19.1 Å². The van der Waals surface area contributed by atoms with Crippen LogP contribution in [0.4, 0.5) is 14.6 Å². The van der Waals surface area contributed by atoms with Gasteiger partial charge in [0.05, 0.1) is 11.8 Å². The molecule has 2 aliphatic rings. The summed E-state index contributed by atoms with van der Waals surface area (Å²) in [7, 11) is 1.96. The normalized spacial score (nSPS) is 31.5. The molecule has 0 aromatic carbocycles. The first-order valence-corrected chi connectivity index (χ1v) is 5.14. The Morgan fingerprint density at radius 1 is 1.33 bits per heavy atom. The van der Waals surface area contributed by atoms with Crippen LogP contribution in [-0.2, 0) is 0 Å². The predicted molar refractivity (Wildman–Crippen MR) is 56.6 cm³/mol. The molecular weight excluding hydrogens is 197 g/mol. The summed E-state index contributed by atoms with van der Waals surface area (Å²) in [6.07, 6.45) is 1.78. The topological polar surface area (TPSA) is 16.1 Å². The number of piperidine rings is 1. The number of fused-ring (bicyclic) bond motifs is 1. The largest absolute Gasteiger partial charge is 0.356 e. The Morgan fingerprint density at radius 2 is 2.00 bits per heavy atom. The van der Waals surface area contributed by atoms with Crippen molar-refractivity contribution in [1.82, 2.24) is 4.98 Å². The van der Waals surface area contributed by atoms with E-state index >= 15 is 0 Å². The van der Waals surface area contributed by atoms with Gasteiger partial charge in [-0.05, 0) is 6.07 Å². The van der Waals surface area contributed by atoms with Gasteiger partial charge < -0.3 is 4.90 Å². The Morgan fingerprint density at radius 3 is 2.53 bits per heavy atom. The fourth-order valence-corrected chi connectivity index (χ4v) is 2.34. The van der Waals surface area contributed by atoms with Crippen molar-refractivity contribution in [2.45, 2.75) is 5.92 Å². The van der Waals surface area contributed by atoms with Crippen molar-refractivity contribution < 1.29 is 8.78 Å². The molecule has 0 radical (unpaired) electrons. The highest BCUT2D eigenvalue weighted by molar-refractivity contribution is 6.32. The van der Waals surface area contributed by atoms with E-state index in [4.69, 9.17) is 0 Å². The third kappa shape index (κ3) is 1.25. The summed E-state index contributed by atoms with van der Waals surface area (Å²) in [6, 6.07) is 3.86. The van der Waals surface area contributed by atoms with Crippen LogP contribution in [0, 0.1) is 11.8 Å². The molecule has 2 fully saturated rings. The summed E-state index contributed by atoms with van der Waals surface area (Å²) in [4.78, 5) is 6.19. The van der Waals surface area contributed by atoms with E-state index in [9.17, 15) is 8.78 Å². The maximum absolute atomic E-state index is 12.9. The van der Waals surface area contributed by atoms with Crippen LogP contribution in [-0.4, -0.2) is 31.8 Å². The highest BCUT2D eigenvalue weighted by atomic mass is 19.3. The minimum absolute atomic E-state index is 0.430. The number of rotatable bonds is 1. The van der Waals surface area contributed by atoms with Crippen molar-refractivity contribution in [3.63, 3.8) is 0 Å². The average molecular weight is 208 g/mol. The van der Waals surface area contributed by atoms with Gasteiger partial charge in [0.1, 0.15) is 13.7 Å². The summed E-state index contributed by atoms with van der Waals surface area (Å²) in [5, 5.41) is 0. The summed E-state index contributed by atoms with van der Waals surface area (Å²) in [5.74, 6) is -2.44. The fraction of sp³-hybridized carbons (Fsp3) is 0.500. The van der Waals surface area contributed by atoms with Crippen LogP contribution < -0.4 is 10.4 Å². The number of nitrogens with zero attached hydrogens (tertiary/aromatic N) is 2. The zero-order chi connectivity index (χ0) is 10.6. The van der Waals surface area contributed by atoms with Gasteiger partial charge in [0.15, 0.2) is 0 Å². The van der Waals surface area contributed by atoms with Crippen LogP contribution in [0.2, 0.25) is 0 Å². The van der Waals surface area contributed by atoms with Crippen LogP contribution in [0.15, 0.2) is 18.3 Å². The van der Waals surface area contributed by atoms with Gasteiger partial charge in [-0.3, -0.25) is 0 Å². The third-order valence-electron chi connectivity index (χ3n) is 3.42. The number of halogens is 2. The van der Waals surface area contributed by atoms with Crippen LogP contribution in [0.25, 0.3) is 0 Å². The molecule has 1 aromatic rings. The van der Waals surface area contributed by atoms with Crippen molar-refractivity contribution in [3.05, 3.63) is 18.3 Å². The van der Waals surface area contributed by atoms with E-state index in [0.29, 0.717) is 13.1 Å². The first-order chi connectivity index (χ1) is 7.09. The molecule has 1 aromatic heterocycles. The zero-order valence-electron chi connectivity index (χ0n) is 8.45. The average Bonchev–Trinajstić information content (AvgIpc) is 2.64. The van der Waals surface area contributed by atoms with Gasteiger partial charge >= 0.3 is 0 Å². The van der Waals surface area contributed by atoms with E-state index in [2.05, 4.69) is 4.98 Å². The second-order valence-corrected chi connectivity index (χ2v) is 4.49. The molecule has 0 N–H and O–H groups in total. The molecule has 2 atom stereocenters. The molecule has 5 heteroatoms. The molecule has 0 bridgehead atoms. The molecule has 1 aliphatic carbocycles. The van der Waals surface area contributed by atoms with Gasteiger partial charge in [0.25, 0.3) is 5.92 Å². The minimum Gasteiger partial charge on any atom is -0.356 e. The van der Waals surface area contributed by atoms with Crippen molar-refractivity contribution in [2.75, 3.05) is 18.0 Å². The summed E-state index contributed by atoms with van der Waals surface area (Å²) >= 11 is 0. The monoisotopic (exact) mass is 208 g/mol. The van der Waals surface area contributed by atoms with E-state index in [0.717, 1.165) is 11.3 Å². The molecule has 1 saturated carbocycles. The molecule has 3 rings (SSSR count). The van der Waals surface area contributed by atoms with Gasteiger partial charge in [-0.15, -0.1) is 0 Å². The fourth-order valence-electron chi connectivity index (χ4n) is 2.34. The Kier molecular flexibility index (Phi) is 1.65. The van der Waals surface area contributed by atoms with Crippen molar-refractivity contribution in [1.29, 1.82) is 0 Å². The molecule has 15 heavy (non-hydrogen) atoms. The molecule has 1 saturated heterocycles. The second kappa shape index (κ2) is 2.71. The van der Waals surface area contributed by atoms with Crippen LogP contribution in [0.3, 0.4) is 0 Å². The number of pyridine rings is 1. The standard InChI is InChI=1S/C10H11BF2N2/c11-6-1-2-9(14-3-6)15-4-7-8(5-15)10(7,12)13/h1-3,7-8H,4-5,11H2. The number of hydrogen-bond acceptors (Lipinski definition) is 2. The molecule has 2 heterocycles. The first kappa shape index (κ1) is 9.13. The lowest BCUT2D eigenvalue weighted by molar-refractivity contribution is 0.0797. The van der Waals surface area contributed by atoms with Crippen LogP contribution >= 0.6 is 0 Å². The highest BCUT2D eigenvalue weighted by Crippen LogP contribution is 2.59. The first-order valence-electron chi connectivity index (χ1n) is 5.14.